The topological polar surface area (TPSA) is 43.4 Å². The van der Waals surface area contributed by atoms with Crippen molar-refractivity contribution in [3.05, 3.63) is 71.5 Å². The molecular formula is C16H16O3S. The van der Waals surface area contributed by atoms with E-state index in [4.69, 9.17) is 4.18 Å². The van der Waals surface area contributed by atoms with Crippen LogP contribution in [0.4, 0.5) is 0 Å². The van der Waals surface area contributed by atoms with Gasteiger partial charge in [-0.25, -0.2) is 0 Å². The minimum atomic E-state index is -3.74. The Bertz CT molecular complexity index is 696. The lowest BCUT2D eigenvalue weighted by atomic mass is 10.1. The van der Waals surface area contributed by atoms with Gasteiger partial charge in [0.25, 0.3) is 0 Å². The molecule has 2 aromatic rings. The summed E-state index contributed by atoms with van der Waals surface area (Å²) in [6, 6.07) is 14.2. The summed E-state index contributed by atoms with van der Waals surface area (Å²) in [5.41, 5.74) is 3.03. The van der Waals surface area contributed by atoms with Crippen LogP contribution in [-0.2, 0) is 14.3 Å². The predicted molar refractivity (Wildman–Crippen MR) is 79.7 cm³/mol. The van der Waals surface area contributed by atoms with Gasteiger partial charge in [-0.15, -0.1) is 0 Å². The molecular weight excluding hydrogens is 272 g/mol. The van der Waals surface area contributed by atoms with Crippen molar-refractivity contribution < 1.29 is 12.6 Å². The van der Waals surface area contributed by atoms with E-state index in [1.807, 2.05) is 38.1 Å². The van der Waals surface area contributed by atoms with Gasteiger partial charge in [-0.05, 0) is 37.6 Å². The Morgan fingerprint density at radius 2 is 1.35 bits per heavy atom. The van der Waals surface area contributed by atoms with E-state index >= 15 is 0 Å². The largest absolute Gasteiger partial charge is 0.387 e. The van der Waals surface area contributed by atoms with Crippen LogP contribution < -0.4 is 0 Å². The van der Waals surface area contributed by atoms with Gasteiger partial charge in [0, 0.05) is 0 Å². The fraction of sp³-hybridized carbons (Fsp3) is 0.125. The third-order valence-electron chi connectivity index (χ3n) is 2.83. The normalized spacial score (nSPS) is 11.7. The maximum Gasteiger partial charge on any atom is 0.338 e. The van der Waals surface area contributed by atoms with Crippen molar-refractivity contribution >= 4 is 16.2 Å². The first-order chi connectivity index (χ1) is 9.47. The summed E-state index contributed by atoms with van der Waals surface area (Å²) in [5.74, 6) is 0. The second kappa shape index (κ2) is 5.92. The maximum absolute atomic E-state index is 11.9. The highest BCUT2D eigenvalue weighted by Gasteiger charge is 2.13. The van der Waals surface area contributed by atoms with E-state index in [9.17, 15) is 8.42 Å². The van der Waals surface area contributed by atoms with Crippen molar-refractivity contribution in [1.29, 1.82) is 0 Å². The summed E-state index contributed by atoms with van der Waals surface area (Å²) >= 11 is 0. The first-order valence-corrected chi connectivity index (χ1v) is 7.61. The van der Waals surface area contributed by atoms with E-state index in [-0.39, 0.29) is 4.90 Å². The minimum Gasteiger partial charge on any atom is -0.387 e. The van der Waals surface area contributed by atoms with Crippen molar-refractivity contribution in [2.24, 2.45) is 0 Å². The average molecular weight is 288 g/mol. The van der Waals surface area contributed by atoms with Gasteiger partial charge < -0.3 is 4.18 Å². The summed E-state index contributed by atoms with van der Waals surface area (Å²) in [5, 5.41) is 0. The predicted octanol–water partition coefficient (Wildman–Crippen LogP) is 3.68. The van der Waals surface area contributed by atoms with Crippen molar-refractivity contribution in [1.82, 2.24) is 0 Å². The Balaban J connectivity index is 2.09. The van der Waals surface area contributed by atoms with Gasteiger partial charge in [-0.1, -0.05) is 47.5 Å². The number of hydrogen-bond donors (Lipinski definition) is 0. The van der Waals surface area contributed by atoms with Crippen LogP contribution >= 0.6 is 0 Å². The lowest BCUT2D eigenvalue weighted by Crippen LogP contribution is -2.01. The molecule has 104 valence electrons. The highest BCUT2D eigenvalue weighted by atomic mass is 32.2. The molecule has 0 aliphatic heterocycles. The van der Waals surface area contributed by atoms with E-state index in [2.05, 4.69) is 0 Å². The molecule has 0 unspecified atom stereocenters. The van der Waals surface area contributed by atoms with Crippen LogP contribution in [0.1, 0.15) is 16.7 Å². The van der Waals surface area contributed by atoms with Crippen LogP contribution in [0.15, 0.2) is 59.7 Å². The van der Waals surface area contributed by atoms with Crippen molar-refractivity contribution in [3.63, 3.8) is 0 Å². The van der Waals surface area contributed by atoms with Crippen LogP contribution in [0.3, 0.4) is 0 Å². The number of benzene rings is 2. The molecule has 20 heavy (non-hydrogen) atoms. The standard InChI is InChI=1S/C16H16O3S/c1-13-3-7-15(8-4-13)11-12-19-20(17,18)16-9-5-14(2)6-10-16/h3-12H,1-2H3/b12-11-. The first kappa shape index (κ1) is 14.3. The van der Waals surface area contributed by atoms with Crippen molar-refractivity contribution in [2.45, 2.75) is 18.7 Å². The number of aryl methyl sites for hydroxylation is 2. The van der Waals surface area contributed by atoms with E-state index < -0.39 is 10.1 Å². The zero-order valence-corrected chi connectivity index (χ0v) is 12.2. The summed E-state index contributed by atoms with van der Waals surface area (Å²) in [4.78, 5) is 0.150. The molecule has 0 radical (unpaired) electrons. The molecule has 0 saturated carbocycles. The molecule has 0 spiro atoms. The molecule has 0 aliphatic carbocycles. The summed E-state index contributed by atoms with van der Waals surface area (Å²) in [6.07, 6.45) is 2.81. The number of rotatable bonds is 4. The fourth-order valence-electron chi connectivity index (χ4n) is 1.62. The van der Waals surface area contributed by atoms with E-state index in [0.29, 0.717) is 0 Å². The maximum atomic E-state index is 11.9. The molecule has 0 saturated heterocycles. The van der Waals surface area contributed by atoms with Crippen molar-refractivity contribution in [2.75, 3.05) is 0 Å². The van der Waals surface area contributed by atoms with Gasteiger partial charge in [0.05, 0.1) is 0 Å². The Labute approximate surface area is 119 Å². The van der Waals surface area contributed by atoms with Crippen LogP contribution in [0, 0.1) is 13.8 Å². The lowest BCUT2D eigenvalue weighted by molar-refractivity contribution is 0.446. The molecule has 3 nitrogen and oxygen atoms in total. The highest BCUT2D eigenvalue weighted by Crippen LogP contribution is 2.14. The third kappa shape index (κ3) is 3.71. The van der Waals surface area contributed by atoms with Crippen LogP contribution in [0.25, 0.3) is 6.08 Å². The van der Waals surface area contributed by atoms with Crippen LogP contribution in [0.2, 0.25) is 0 Å². The summed E-state index contributed by atoms with van der Waals surface area (Å²) in [7, 11) is -3.74. The third-order valence-corrected chi connectivity index (χ3v) is 4.04. The second-order valence-corrected chi connectivity index (χ2v) is 6.15. The average Bonchev–Trinajstić information content (AvgIpc) is 2.41. The van der Waals surface area contributed by atoms with Gasteiger partial charge in [0.15, 0.2) is 0 Å². The van der Waals surface area contributed by atoms with Crippen LogP contribution in [-0.4, -0.2) is 8.42 Å². The molecule has 0 heterocycles. The summed E-state index contributed by atoms with van der Waals surface area (Å²) in [6.45, 7) is 3.89. The monoisotopic (exact) mass is 288 g/mol. The Morgan fingerprint density at radius 3 is 1.90 bits per heavy atom. The Hall–Kier alpha value is -2.07. The first-order valence-electron chi connectivity index (χ1n) is 6.20. The molecule has 0 aromatic heterocycles. The molecule has 2 rings (SSSR count). The zero-order valence-electron chi connectivity index (χ0n) is 11.4. The highest BCUT2D eigenvalue weighted by molar-refractivity contribution is 7.86. The smallest absolute Gasteiger partial charge is 0.338 e. The summed E-state index contributed by atoms with van der Waals surface area (Å²) < 4.78 is 28.7. The van der Waals surface area contributed by atoms with Gasteiger partial charge in [0.1, 0.15) is 11.2 Å². The SMILES string of the molecule is Cc1ccc(/C=C\OS(=O)(=O)c2ccc(C)cc2)cc1. The Morgan fingerprint density at radius 1 is 0.850 bits per heavy atom. The molecule has 4 heteroatoms. The minimum absolute atomic E-state index is 0.150. The molecule has 0 aliphatic rings. The van der Waals surface area contributed by atoms with Gasteiger partial charge in [0.2, 0.25) is 0 Å². The fourth-order valence-corrected chi connectivity index (χ4v) is 2.40. The molecule has 0 fully saturated rings. The van der Waals surface area contributed by atoms with Crippen LogP contribution in [0.5, 0.6) is 0 Å². The molecule has 0 bridgehead atoms. The quantitative estimate of drug-likeness (QED) is 0.636. The molecule has 0 atom stereocenters. The van der Waals surface area contributed by atoms with Gasteiger partial charge in [-0.2, -0.15) is 8.42 Å². The van der Waals surface area contributed by atoms with Crippen molar-refractivity contribution in [3.8, 4) is 0 Å². The zero-order chi connectivity index (χ0) is 14.6. The van der Waals surface area contributed by atoms with Gasteiger partial charge >= 0.3 is 10.1 Å². The van der Waals surface area contributed by atoms with E-state index in [1.54, 1.807) is 18.2 Å². The van der Waals surface area contributed by atoms with E-state index in [1.165, 1.54) is 18.4 Å². The number of hydrogen-bond acceptors (Lipinski definition) is 3. The van der Waals surface area contributed by atoms with Gasteiger partial charge in [-0.3, -0.25) is 0 Å². The second-order valence-electron chi connectivity index (χ2n) is 4.58. The molecule has 0 N–H and O–H groups in total. The lowest BCUT2D eigenvalue weighted by Gasteiger charge is -2.03. The molecule has 0 amide bonds. The molecule has 2 aromatic carbocycles. The Kier molecular flexibility index (Phi) is 4.25. The van der Waals surface area contributed by atoms with E-state index in [0.717, 1.165) is 16.7 Å².